The van der Waals surface area contributed by atoms with Crippen molar-refractivity contribution in [2.45, 2.75) is 13.0 Å². The van der Waals surface area contributed by atoms with Crippen LogP contribution in [0, 0.1) is 6.92 Å². The van der Waals surface area contributed by atoms with Gasteiger partial charge in [0.15, 0.2) is 0 Å². The molecule has 1 amide bonds. The van der Waals surface area contributed by atoms with Crippen LogP contribution >= 0.6 is 11.6 Å². The summed E-state index contributed by atoms with van der Waals surface area (Å²) >= 11 is 5.97. The molecule has 0 radical (unpaired) electrons. The van der Waals surface area contributed by atoms with Gasteiger partial charge in [0.1, 0.15) is 24.2 Å². The Hall–Kier alpha value is -2.24. The highest BCUT2D eigenvalue weighted by Gasteiger charge is 2.16. The summed E-state index contributed by atoms with van der Waals surface area (Å²) in [6.45, 7) is 2.13. The summed E-state index contributed by atoms with van der Waals surface area (Å²) in [5.41, 5.74) is 1.44. The van der Waals surface area contributed by atoms with E-state index in [9.17, 15) is 9.90 Å². The molecule has 0 aliphatic heterocycles. The molecule has 0 bridgehead atoms. The first-order valence-electron chi connectivity index (χ1n) is 7.87. The number of hydrogen-bond acceptors (Lipinski definition) is 4. The summed E-state index contributed by atoms with van der Waals surface area (Å²) in [6, 6.07) is 12.1. The zero-order chi connectivity index (χ0) is 18.4. The molecule has 2 aromatic carbocycles. The normalized spacial score (nSPS) is 11.7. The lowest BCUT2D eigenvalue weighted by Gasteiger charge is -2.21. The van der Waals surface area contributed by atoms with Gasteiger partial charge >= 0.3 is 0 Å². The van der Waals surface area contributed by atoms with Crippen LogP contribution in [0.1, 0.15) is 15.9 Å². The van der Waals surface area contributed by atoms with Crippen LogP contribution in [-0.2, 0) is 0 Å². The maximum absolute atomic E-state index is 12.4. The van der Waals surface area contributed by atoms with E-state index in [1.54, 1.807) is 56.6 Å². The fourth-order valence-corrected chi connectivity index (χ4v) is 2.42. The molecule has 0 heterocycles. The molecule has 134 valence electrons. The van der Waals surface area contributed by atoms with Crippen LogP contribution in [0.5, 0.6) is 11.5 Å². The Morgan fingerprint density at radius 3 is 2.44 bits per heavy atom. The largest absolute Gasteiger partial charge is 0.497 e. The van der Waals surface area contributed by atoms with Gasteiger partial charge in [0, 0.05) is 24.2 Å². The third-order valence-electron chi connectivity index (χ3n) is 3.74. The van der Waals surface area contributed by atoms with Crippen LogP contribution in [0.3, 0.4) is 0 Å². The van der Waals surface area contributed by atoms with Crippen molar-refractivity contribution in [2.75, 3.05) is 27.3 Å². The molecule has 5 nitrogen and oxygen atoms in total. The predicted octanol–water partition coefficient (Wildman–Crippen LogP) is 3.17. The summed E-state index contributed by atoms with van der Waals surface area (Å²) in [6.07, 6.45) is -0.803. The minimum Gasteiger partial charge on any atom is -0.497 e. The Bertz CT molecular complexity index is 718. The number of aliphatic hydroxyl groups is 1. The number of aryl methyl sites for hydroxylation is 1. The fraction of sp³-hybridized carbons (Fsp3) is 0.316. The van der Waals surface area contributed by atoms with Crippen molar-refractivity contribution < 1.29 is 19.4 Å². The van der Waals surface area contributed by atoms with Gasteiger partial charge in [-0.15, -0.1) is 0 Å². The van der Waals surface area contributed by atoms with Crippen molar-refractivity contribution in [3.8, 4) is 11.5 Å². The van der Waals surface area contributed by atoms with E-state index in [0.717, 1.165) is 5.56 Å². The number of hydrogen-bond donors (Lipinski definition) is 1. The number of carbonyl (C=O) groups is 1. The Balaban J connectivity index is 1.86. The lowest BCUT2D eigenvalue weighted by Crippen LogP contribution is -2.37. The number of amides is 1. The molecule has 0 aliphatic rings. The molecule has 0 fully saturated rings. The molecular formula is C19H22ClNO4. The molecule has 25 heavy (non-hydrogen) atoms. The number of nitrogens with zero attached hydrogens (tertiary/aromatic N) is 1. The Morgan fingerprint density at radius 1 is 1.20 bits per heavy atom. The van der Waals surface area contributed by atoms with Crippen molar-refractivity contribution in [1.29, 1.82) is 0 Å². The second kappa shape index (κ2) is 8.74. The van der Waals surface area contributed by atoms with E-state index in [1.165, 1.54) is 4.90 Å². The van der Waals surface area contributed by atoms with Crippen LogP contribution in [-0.4, -0.2) is 49.3 Å². The second-order valence-corrected chi connectivity index (χ2v) is 6.20. The first-order valence-corrected chi connectivity index (χ1v) is 8.25. The number of aliphatic hydroxyl groups excluding tert-OH is 1. The molecule has 0 aliphatic carbocycles. The number of likely N-dealkylation sites (N-methyl/N-ethyl adjacent to an activating group) is 1. The summed E-state index contributed by atoms with van der Waals surface area (Å²) in [5.74, 6) is 1.14. The second-order valence-electron chi connectivity index (χ2n) is 5.79. The number of methoxy groups -OCH3 is 1. The third-order valence-corrected chi connectivity index (χ3v) is 4.16. The third kappa shape index (κ3) is 5.37. The fourth-order valence-electron chi connectivity index (χ4n) is 2.31. The highest BCUT2D eigenvalue weighted by molar-refractivity contribution is 6.31. The topological polar surface area (TPSA) is 59.0 Å². The van der Waals surface area contributed by atoms with Gasteiger partial charge in [-0.2, -0.15) is 0 Å². The zero-order valence-corrected chi connectivity index (χ0v) is 15.3. The van der Waals surface area contributed by atoms with Crippen molar-refractivity contribution >= 4 is 17.5 Å². The predicted molar refractivity (Wildman–Crippen MR) is 97.6 cm³/mol. The molecule has 0 aromatic heterocycles. The molecule has 0 spiro atoms. The van der Waals surface area contributed by atoms with E-state index >= 15 is 0 Å². The summed E-state index contributed by atoms with van der Waals surface area (Å²) in [7, 11) is 3.21. The molecule has 2 aromatic rings. The molecular weight excluding hydrogens is 342 g/mol. The van der Waals surface area contributed by atoms with Crippen LogP contribution in [0.25, 0.3) is 0 Å². The summed E-state index contributed by atoms with van der Waals surface area (Å²) in [5, 5.41) is 10.8. The molecule has 0 saturated heterocycles. The SMILES string of the molecule is COc1ccc(C(=O)N(C)C[C@@H](O)COc2ccc(Cl)c(C)c2)cc1. The van der Waals surface area contributed by atoms with Gasteiger partial charge in [0.05, 0.1) is 7.11 Å². The maximum Gasteiger partial charge on any atom is 0.253 e. The van der Waals surface area contributed by atoms with E-state index < -0.39 is 6.10 Å². The van der Waals surface area contributed by atoms with Crippen molar-refractivity contribution in [3.05, 3.63) is 58.6 Å². The zero-order valence-electron chi connectivity index (χ0n) is 14.5. The summed E-state index contributed by atoms with van der Waals surface area (Å²) < 4.78 is 10.6. The quantitative estimate of drug-likeness (QED) is 0.820. The van der Waals surface area contributed by atoms with Crippen molar-refractivity contribution in [1.82, 2.24) is 4.90 Å². The van der Waals surface area contributed by atoms with E-state index in [4.69, 9.17) is 21.1 Å². The Labute approximate surface area is 152 Å². The number of rotatable bonds is 7. The smallest absolute Gasteiger partial charge is 0.253 e. The average molecular weight is 364 g/mol. The van der Waals surface area contributed by atoms with Crippen LogP contribution in [0.4, 0.5) is 0 Å². The van der Waals surface area contributed by atoms with Crippen LogP contribution < -0.4 is 9.47 Å². The van der Waals surface area contributed by atoms with Gasteiger partial charge in [0.25, 0.3) is 5.91 Å². The van der Waals surface area contributed by atoms with E-state index in [1.807, 2.05) is 6.92 Å². The van der Waals surface area contributed by atoms with E-state index in [2.05, 4.69) is 0 Å². The van der Waals surface area contributed by atoms with E-state index in [-0.39, 0.29) is 19.1 Å². The first-order chi connectivity index (χ1) is 11.9. The minimum absolute atomic E-state index is 0.0846. The lowest BCUT2D eigenvalue weighted by atomic mass is 10.2. The van der Waals surface area contributed by atoms with Gasteiger partial charge in [-0.05, 0) is 55.0 Å². The van der Waals surface area contributed by atoms with E-state index in [0.29, 0.717) is 22.1 Å². The minimum atomic E-state index is -0.803. The number of carbonyl (C=O) groups excluding carboxylic acids is 1. The number of ether oxygens (including phenoxy) is 2. The first kappa shape index (κ1) is 19.1. The maximum atomic E-state index is 12.4. The van der Waals surface area contributed by atoms with Crippen LogP contribution in [0.2, 0.25) is 5.02 Å². The van der Waals surface area contributed by atoms with Crippen LogP contribution in [0.15, 0.2) is 42.5 Å². The number of halogens is 1. The van der Waals surface area contributed by atoms with Gasteiger partial charge in [-0.3, -0.25) is 4.79 Å². The molecule has 1 N–H and O–H groups in total. The molecule has 0 unspecified atom stereocenters. The van der Waals surface area contributed by atoms with Gasteiger partial charge in [0.2, 0.25) is 0 Å². The average Bonchev–Trinajstić information content (AvgIpc) is 2.62. The van der Waals surface area contributed by atoms with Gasteiger partial charge in [-0.1, -0.05) is 11.6 Å². The Kier molecular flexibility index (Phi) is 6.67. The van der Waals surface area contributed by atoms with Gasteiger partial charge in [-0.25, -0.2) is 0 Å². The standard InChI is InChI=1S/C19H22ClNO4/c1-13-10-17(8-9-18(13)20)25-12-15(22)11-21(2)19(23)14-4-6-16(24-3)7-5-14/h4-10,15,22H,11-12H2,1-3H3/t15-/m1/s1. The van der Waals surface area contributed by atoms with Crippen molar-refractivity contribution in [3.63, 3.8) is 0 Å². The highest BCUT2D eigenvalue weighted by atomic mass is 35.5. The Morgan fingerprint density at radius 2 is 1.84 bits per heavy atom. The van der Waals surface area contributed by atoms with Crippen molar-refractivity contribution in [2.24, 2.45) is 0 Å². The monoisotopic (exact) mass is 363 g/mol. The molecule has 1 atom stereocenters. The lowest BCUT2D eigenvalue weighted by molar-refractivity contribution is 0.0563. The molecule has 2 rings (SSSR count). The van der Waals surface area contributed by atoms with Gasteiger partial charge < -0.3 is 19.5 Å². The molecule has 6 heteroatoms. The summed E-state index contributed by atoms with van der Waals surface area (Å²) in [4.78, 5) is 13.8. The number of benzene rings is 2. The molecule has 0 saturated carbocycles. The highest BCUT2D eigenvalue weighted by Crippen LogP contribution is 2.21.